The number of nitrogens with two attached hydrogens (primary N) is 1. The van der Waals surface area contributed by atoms with Crippen molar-refractivity contribution in [2.75, 3.05) is 12.3 Å². The smallest absolute Gasteiger partial charge is 0.133 e. The highest BCUT2D eigenvalue weighted by Crippen LogP contribution is 2.34. The highest BCUT2D eigenvalue weighted by atomic mass is 35.5. The predicted molar refractivity (Wildman–Crippen MR) is 57.9 cm³/mol. The summed E-state index contributed by atoms with van der Waals surface area (Å²) >= 11 is 1.82. The van der Waals surface area contributed by atoms with Crippen LogP contribution >= 0.6 is 24.2 Å². The number of rotatable bonds is 1. The second-order valence-electron chi connectivity index (χ2n) is 2.73. The average molecular weight is 218 g/mol. The lowest BCUT2D eigenvalue weighted by atomic mass is 10.3. The summed E-state index contributed by atoms with van der Waals surface area (Å²) in [4.78, 5) is 1.22. The number of hydrogen-bond donors (Lipinski definition) is 1. The molecule has 0 fully saturated rings. The highest BCUT2D eigenvalue weighted by Gasteiger charge is 2.17. The van der Waals surface area contributed by atoms with Crippen LogP contribution < -0.4 is 10.5 Å². The Labute approximate surface area is 88.3 Å². The summed E-state index contributed by atoms with van der Waals surface area (Å²) in [5, 5.41) is 0. The number of fused-ring (bicyclic) bond motifs is 1. The van der Waals surface area contributed by atoms with Gasteiger partial charge in [-0.2, -0.15) is 0 Å². The van der Waals surface area contributed by atoms with E-state index in [1.54, 1.807) is 0 Å². The van der Waals surface area contributed by atoms with E-state index in [1.807, 2.05) is 30.0 Å². The standard InChI is InChI=1S/C9H11NOS.ClH/c10-5-7-6-12-9-4-2-1-3-8(9)11-7;/h1-4,7H,5-6,10H2;1H. The molecule has 4 heteroatoms. The van der Waals surface area contributed by atoms with Crippen LogP contribution in [-0.4, -0.2) is 18.4 Å². The van der Waals surface area contributed by atoms with Crippen molar-refractivity contribution >= 4 is 24.2 Å². The molecular formula is C9H12ClNOS. The topological polar surface area (TPSA) is 35.2 Å². The first-order chi connectivity index (χ1) is 5.90. The first-order valence-corrected chi connectivity index (χ1v) is 4.97. The summed E-state index contributed by atoms with van der Waals surface area (Å²) in [5.41, 5.74) is 5.52. The van der Waals surface area contributed by atoms with Gasteiger partial charge in [0.25, 0.3) is 0 Å². The van der Waals surface area contributed by atoms with E-state index in [-0.39, 0.29) is 18.5 Å². The maximum absolute atomic E-state index is 5.64. The Morgan fingerprint density at radius 1 is 1.46 bits per heavy atom. The van der Waals surface area contributed by atoms with Gasteiger partial charge in [0, 0.05) is 17.2 Å². The lowest BCUT2D eigenvalue weighted by molar-refractivity contribution is 0.223. The van der Waals surface area contributed by atoms with Crippen LogP contribution in [0.2, 0.25) is 0 Å². The van der Waals surface area contributed by atoms with Crippen molar-refractivity contribution in [3.63, 3.8) is 0 Å². The molecule has 1 aromatic carbocycles. The van der Waals surface area contributed by atoms with Gasteiger partial charge in [-0.05, 0) is 12.1 Å². The van der Waals surface area contributed by atoms with Crippen molar-refractivity contribution in [3.8, 4) is 5.75 Å². The maximum Gasteiger partial charge on any atom is 0.133 e. The SMILES string of the molecule is Cl.NCC1CSc2ccccc2O1. The third kappa shape index (κ3) is 2.30. The zero-order chi connectivity index (χ0) is 8.39. The molecule has 0 aromatic heterocycles. The summed E-state index contributed by atoms with van der Waals surface area (Å²) < 4.78 is 5.64. The second-order valence-corrected chi connectivity index (χ2v) is 3.80. The second kappa shape index (κ2) is 4.74. The molecule has 1 unspecified atom stereocenters. The highest BCUT2D eigenvalue weighted by molar-refractivity contribution is 7.99. The van der Waals surface area contributed by atoms with Crippen molar-refractivity contribution in [1.82, 2.24) is 0 Å². The molecule has 2 N–H and O–H groups in total. The first-order valence-electron chi connectivity index (χ1n) is 3.98. The van der Waals surface area contributed by atoms with Crippen LogP contribution in [0.15, 0.2) is 29.2 Å². The van der Waals surface area contributed by atoms with Crippen LogP contribution in [0.3, 0.4) is 0 Å². The molecule has 1 heterocycles. The third-order valence-corrected chi connectivity index (χ3v) is 3.02. The maximum atomic E-state index is 5.64. The molecule has 0 saturated carbocycles. The molecule has 0 amide bonds. The Hall–Kier alpha value is -0.380. The fourth-order valence-corrected chi connectivity index (χ4v) is 2.18. The van der Waals surface area contributed by atoms with E-state index >= 15 is 0 Å². The monoisotopic (exact) mass is 217 g/mol. The summed E-state index contributed by atoms with van der Waals surface area (Å²) in [7, 11) is 0. The lowest BCUT2D eigenvalue weighted by Crippen LogP contribution is -2.31. The average Bonchev–Trinajstić information content (AvgIpc) is 2.17. The van der Waals surface area contributed by atoms with Crippen molar-refractivity contribution in [2.45, 2.75) is 11.0 Å². The Bertz CT molecular complexity index is 282. The van der Waals surface area contributed by atoms with Crippen LogP contribution in [0.25, 0.3) is 0 Å². The number of halogens is 1. The molecule has 1 aliphatic heterocycles. The molecule has 0 aliphatic carbocycles. The van der Waals surface area contributed by atoms with E-state index in [0.29, 0.717) is 6.54 Å². The summed E-state index contributed by atoms with van der Waals surface area (Å²) in [5.74, 6) is 1.94. The number of ether oxygens (including phenoxy) is 1. The van der Waals surface area contributed by atoms with E-state index in [1.165, 1.54) is 4.90 Å². The number of thioether (sulfide) groups is 1. The zero-order valence-electron chi connectivity index (χ0n) is 7.10. The van der Waals surface area contributed by atoms with E-state index in [0.717, 1.165) is 11.5 Å². The molecule has 0 saturated heterocycles. The zero-order valence-corrected chi connectivity index (χ0v) is 8.74. The number of para-hydroxylation sites is 1. The van der Waals surface area contributed by atoms with Crippen molar-refractivity contribution in [3.05, 3.63) is 24.3 Å². The van der Waals surface area contributed by atoms with E-state index < -0.39 is 0 Å². The summed E-state index contributed by atoms with van der Waals surface area (Å²) in [6.07, 6.45) is 0.185. The van der Waals surface area contributed by atoms with Gasteiger partial charge in [-0.1, -0.05) is 12.1 Å². The largest absolute Gasteiger partial charge is 0.487 e. The molecule has 0 spiro atoms. The Morgan fingerprint density at radius 2 is 2.23 bits per heavy atom. The van der Waals surface area contributed by atoms with E-state index in [4.69, 9.17) is 10.5 Å². The van der Waals surface area contributed by atoms with Gasteiger partial charge in [0.2, 0.25) is 0 Å². The predicted octanol–water partition coefficient (Wildman–Crippen LogP) is 1.92. The normalized spacial score (nSPS) is 19.6. The van der Waals surface area contributed by atoms with Gasteiger partial charge in [0.05, 0.1) is 0 Å². The van der Waals surface area contributed by atoms with Crippen LogP contribution in [-0.2, 0) is 0 Å². The van der Waals surface area contributed by atoms with Crippen LogP contribution in [0.4, 0.5) is 0 Å². The summed E-state index contributed by atoms with van der Waals surface area (Å²) in [6.45, 7) is 0.599. The van der Waals surface area contributed by atoms with Crippen LogP contribution in [0.1, 0.15) is 0 Å². The van der Waals surface area contributed by atoms with Gasteiger partial charge < -0.3 is 10.5 Å². The minimum Gasteiger partial charge on any atom is -0.487 e. The van der Waals surface area contributed by atoms with Gasteiger partial charge in [-0.15, -0.1) is 24.2 Å². The molecule has 0 bridgehead atoms. The summed E-state index contributed by atoms with van der Waals surface area (Å²) in [6, 6.07) is 8.08. The fraction of sp³-hybridized carbons (Fsp3) is 0.333. The van der Waals surface area contributed by atoms with E-state index in [2.05, 4.69) is 6.07 Å². The third-order valence-electron chi connectivity index (χ3n) is 1.83. The molecule has 1 atom stereocenters. The van der Waals surface area contributed by atoms with Crippen molar-refractivity contribution < 1.29 is 4.74 Å². The molecule has 1 aliphatic rings. The Morgan fingerprint density at radius 3 is 3.00 bits per heavy atom. The van der Waals surface area contributed by atoms with Gasteiger partial charge >= 0.3 is 0 Å². The molecule has 13 heavy (non-hydrogen) atoms. The molecule has 2 rings (SSSR count). The minimum absolute atomic E-state index is 0. The Kier molecular flexibility index (Phi) is 3.90. The lowest BCUT2D eigenvalue weighted by Gasteiger charge is -2.24. The molecular weight excluding hydrogens is 206 g/mol. The molecule has 2 nitrogen and oxygen atoms in total. The van der Waals surface area contributed by atoms with Gasteiger partial charge in [-0.3, -0.25) is 0 Å². The molecule has 0 radical (unpaired) electrons. The van der Waals surface area contributed by atoms with Crippen molar-refractivity contribution in [1.29, 1.82) is 0 Å². The van der Waals surface area contributed by atoms with E-state index in [9.17, 15) is 0 Å². The number of hydrogen-bond acceptors (Lipinski definition) is 3. The fourth-order valence-electron chi connectivity index (χ4n) is 1.18. The molecule has 1 aromatic rings. The first kappa shape index (κ1) is 10.7. The van der Waals surface area contributed by atoms with Crippen LogP contribution in [0.5, 0.6) is 5.75 Å². The van der Waals surface area contributed by atoms with Gasteiger partial charge in [0.1, 0.15) is 11.9 Å². The van der Waals surface area contributed by atoms with Crippen LogP contribution in [0, 0.1) is 0 Å². The molecule has 72 valence electrons. The van der Waals surface area contributed by atoms with Crippen molar-refractivity contribution in [2.24, 2.45) is 5.73 Å². The Balaban J connectivity index is 0.000000845. The van der Waals surface area contributed by atoms with Gasteiger partial charge in [0.15, 0.2) is 0 Å². The minimum atomic E-state index is 0. The van der Waals surface area contributed by atoms with Gasteiger partial charge in [-0.25, -0.2) is 0 Å². The quantitative estimate of drug-likeness (QED) is 0.781. The number of benzene rings is 1.